The summed E-state index contributed by atoms with van der Waals surface area (Å²) in [7, 11) is 0. The smallest absolute Gasteiger partial charge is 0.144 e. The highest BCUT2D eigenvalue weighted by Gasteiger charge is 2.10. The molecule has 23 heavy (non-hydrogen) atoms. The van der Waals surface area contributed by atoms with Gasteiger partial charge in [-0.05, 0) is 36.4 Å². The van der Waals surface area contributed by atoms with Gasteiger partial charge >= 0.3 is 0 Å². The van der Waals surface area contributed by atoms with Crippen molar-refractivity contribution in [3.63, 3.8) is 0 Å². The van der Waals surface area contributed by atoms with Crippen LogP contribution in [0.3, 0.4) is 0 Å². The molecular formula is C17H13N3O2S. The van der Waals surface area contributed by atoms with E-state index in [9.17, 15) is 10.2 Å². The first-order chi connectivity index (χ1) is 11.2. The Hall–Kier alpha value is -2.86. The number of nitrogens with zero attached hydrogens (tertiary/aromatic N) is 3. The molecule has 0 fully saturated rings. The highest BCUT2D eigenvalue weighted by molar-refractivity contribution is 7.99. The summed E-state index contributed by atoms with van der Waals surface area (Å²) in [4.78, 5) is 4.97. The van der Waals surface area contributed by atoms with Crippen molar-refractivity contribution in [1.82, 2.24) is 4.98 Å². The first-order valence-electron chi connectivity index (χ1n) is 6.84. The van der Waals surface area contributed by atoms with Crippen LogP contribution in [0.1, 0.15) is 0 Å². The molecule has 0 aliphatic carbocycles. The molecule has 3 aromatic rings. The van der Waals surface area contributed by atoms with E-state index in [2.05, 4.69) is 15.2 Å². The molecule has 2 aromatic carbocycles. The lowest BCUT2D eigenvalue weighted by molar-refractivity contribution is 0.473. The van der Waals surface area contributed by atoms with Crippen molar-refractivity contribution in [2.24, 2.45) is 10.2 Å². The number of rotatable bonds is 4. The molecule has 0 saturated heterocycles. The number of hydrogen-bond donors (Lipinski definition) is 2. The fraction of sp³-hybridized carbons (Fsp3) is 0. The molecule has 0 bridgehead atoms. The van der Waals surface area contributed by atoms with Crippen LogP contribution < -0.4 is 0 Å². The van der Waals surface area contributed by atoms with E-state index in [1.165, 1.54) is 17.8 Å². The zero-order valence-electron chi connectivity index (χ0n) is 12.0. The van der Waals surface area contributed by atoms with Crippen LogP contribution in [0.25, 0.3) is 0 Å². The van der Waals surface area contributed by atoms with Gasteiger partial charge < -0.3 is 10.2 Å². The first-order valence-corrected chi connectivity index (χ1v) is 7.66. The van der Waals surface area contributed by atoms with Gasteiger partial charge in [-0.15, -0.1) is 10.2 Å². The third kappa shape index (κ3) is 3.67. The Kier molecular flexibility index (Phi) is 4.54. The molecule has 0 unspecified atom stereocenters. The van der Waals surface area contributed by atoms with Crippen molar-refractivity contribution in [3.05, 3.63) is 66.9 Å². The van der Waals surface area contributed by atoms with Crippen LogP contribution in [0.15, 0.2) is 87.0 Å². The normalized spacial score (nSPS) is 11.0. The minimum absolute atomic E-state index is 0.0186. The molecule has 5 nitrogen and oxygen atoms in total. The van der Waals surface area contributed by atoms with E-state index in [4.69, 9.17) is 0 Å². The predicted octanol–water partition coefficient (Wildman–Crippen LogP) is 5.06. The van der Waals surface area contributed by atoms with Crippen molar-refractivity contribution in [3.8, 4) is 11.5 Å². The Morgan fingerprint density at radius 1 is 0.783 bits per heavy atom. The second-order valence-electron chi connectivity index (χ2n) is 4.58. The number of phenolic OH excluding ortho intramolecular Hbond substituents is 2. The van der Waals surface area contributed by atoms with Gasteiger partial charge in [0.2, 0.25) is 0 Å². The highest BCUT2D eigenvalue weighted by Crippen LogP contribution is 2.41. The van der Waals surface area contributed by atoms with Crippen molar-refractivity contribution >= 4 is 23.1 Å². The van der Waals surface area contributed by atoms with E-state index < -0.39 is 0 Å². The molecule has 0 saturated carbocycles. The highest BCUT2D eigenvalue weighted by atomic mass is 32.2. The van der Waals surface area contributed by atoms with E-state index >= 15 is 0 Å². The molecular weight excluding hydrogens is 310 g/mol. The molecule has 114 valence electrons. The molecule has 6 heteroatoms. The number of phenols is 2. The molecule has 0 aliphatic heterocycles. The molecule has 0 amide bonds. The van der Waals surface area contributed by atoms with E-state index in [-0.39, 0.29) is 11.5 Å². The third-order valence-electron chi connectivity index (χ3n) is 2.97. The minimum Gasteiger partial charge on any atom is -0.506 e. The number of azo groups is 1. The lowest BCUT2D eigenvalue weighted by atomic mass is 10.3. The van der Waals surface area contributed by atoms with Gasteiger partial charge in [-0.2, -0.15) is 0 Å². The molecule has 3 rings (SSSR count). The van der Waals surface area contributed by atoms with Crippen molar-refractivity contribution < 1.29 is 10.2 Å². The SMILES string of the molecule is Oc1ccccc1N=Nc1c(O)cccc1Sc1ccccn1. The van der Waals surface area contributed by atoms with E-state index in [1.54, 1.807) is 36.5 Å². The number of pyridine rings is 1. The van der Waals surface area contributed by atoms with Crippen molar-refractivity contribution in [2.75, 3.05) is 0 Å². The second-order valence-corrected chi connectivity index (χ2v) is 5.64. The standard InChI is InChI=1S/C17H13N3O2S/c21-13-7-2-1-6-12(13)19-20-17-14(22)8-5-9-15(17)23-16-10-3-4-11-18-16/h1-11,21-22H. The maximum atomic E-state index is 10.1. The molecule has 1 aromatic heterocycles. The predicted molar refractivity (Wildman–Crippen MR) is 88.7 cm³/mol. The molecule has 0 aliphatic rings. The fourth-order valence-corrected chi connectivity index (χ4v) is 2.74. The van der Waals surface area contributed by atoms with Crippen LogP contribution in [0.2, 0.25) is 0 Å². The maximum Gasteiger partial charge on any atom is 0.144 e. The summed E-state index contributed by atoms with van der Waals surface area (Å²) in [6.07, 6.45) is 1.70. The molecule has 0 spiro atoms. The largest absolute Gasteiger partial charge is 0.506 e. The Bertz CT molecular complexity index is 838. The monoisotopic (exact) mass is 323 g/mol. The van der Waals surface area contributed by atoms with Crippen LogP contribution in [0, 0.1) is 0 Å². The van der Waals surface area contributed by atoms with Crippen molar-refractivity contribution in [1.29, 1.82) is 0 Å². The Morgan fingerprint density at radius 2 is 1.57 bits per heavy atom. The lowest BCUT2D eigenvalue weighted by Crippen LogP contribution is -1.79. The number of para-hydroxylation sites is 1. The fourth-order valence-electron chi connectivity index (χ4n) is 1.87. The van der Waals surface area contributed by atoms with Crippen LogP contribution in [0.5, 0.6) is 11.5 Å². The average Bonchev–Trinajstić information content (AvgIpc) is 2.57. The zero-order chi connectivity index (χ0) is 16.1. The number of benzene rings is 2. The number of aromatic nitrogens is 1. The van der Waals surface area contributed by atoms with Gasteiger partial charge in [-0.3, -0.25) is 0 Å². The third-order valence-corrected chi connectivity index (χ3v) is 3.97. The average molecular weight is 323 g/mol. The lowest BCUT2D eigenvalue weighted by Gasteiger charge is -2.06. The molecule has 2 N–H and O–H groups in total. The van der Waals surface area contributed by atoms with Crippen LogP contribution in [-0.2, 0) is 0 Å². The summed E-state index contributed by atoms with van der Waals surface area (Å²) in [5.41, 5.74) is 0.677. The summed E-state index contributed by atoms with van der Waals surface area (Å²) < 4.78 is 0. The summed E-state index contributed by atoms with van der Waals surface area (Å²) >= 11 is 1.38. The topological polar surface area (TPSA) is 78.1 Å². The van der Waals surface area contributed by atoms with E-state index in [0.29, 0.717) is 11.4 Å². The summed E-state index contributed by atoms with van der Waals surface area (Å²) in [6, 6.07) is 17.3. The first kappa shape index (κ1) is 15.1. The number of hydrogen-bond acceptors (Lipinski definition) is 6. The summed E-state index contributed by atoms with van der Waals surface area (Å²) in [6.45, 7) is 0. The van der Waals surface area contributed by atoms with Crippen molar-refractivity contribution in [2.45, 2.75) is 9.92 Å². The van der Waals surface area contributed by atoms with Crippen LogP contribution in [0.4, 0.5) is 11.4 Å². The van der Waals surface area contributed by atoms with Gasteiger partial charge in [0.25, 0.3) is 0 Å². The Morgan fingerprint density at radius 3 is 2.35 bits per heavy atom. The van der Waals surface area contributed by atoms with Gasteiger partial charge in [-0.1, -0.05) is 36.0 Å². The van der Waals surface area contributed by atoms with E-state index in [0.717, 1.165) is 9.92 Å². The van der Waals surface area contributed by atoms with Gasteiger partial charge in [0.1, 0.15) is 27.9 Å². The van der Waals surface area contributed by atoms with Gasteiger partial charge in [-0.25, -0.2) is 4.98 Å². The van der Waals surface area contributed by atoms with Gasteiger partial charge in [0, 0.05) is 11.1 Å². The Balaban J connectivity index is 1.94. The molecule has 0 atom stereocenters. The zero-order valence-corrected chi connectivity index (χ0v) is 12.8. The van der Waals surface area contributed by atoms with E-state index in [1.807, 2.05) is 24.3 Å². The van der Waals surface area contributed by atoms with Gasteiger partial charge in [0.15, 0.2) is 0 Å². The maximum absolute atomic E-state index is 10.1. The van der Waals surface area contributed by atoms with Crippen LogP contribution >= 0.6 is 11.8 Å². The molecule has 1 heterocycles. The minimum atomic E-state index is 0.0186. The van der Waals surface area contributed by atoms with Crippen LogP contribution in [-0.4, -0.2) is 15.2 Å². The molecule has 0 radical (unpaired) electrons. The van der Waals surface area contributed by atoms with Gasteiger partial charge in [0.05, 0.1) is 0 Å². The Labute approximate surface area is 137 Å². The number of aromatic hydroxyl groups is 2. The quantitative estimate of drug-likeness (QED) is 0.658. The summed E-state index contributed by atoms with van der Waals surface area (Å²) in [5.74, 6) is 0.0516. The second kappa shape index (κ2) is 6.93. The summed E-state index contributed by atoms with van der Waals surface area (Å²) in [5, 5.41) is 28.7.